The summed E-state index contributed by atoms with van der Waals surface area (Å²) in [5, 5.41) is 0. The summed E-state index contributed by atoms with van der Waals surface area (Å²) in [5.74, 6) is 0.691. The highest BCUT2D eigenvalue weighted by molar-refractivity contribution is 7.83. The van der Waals surface area contributed by atoms with Crippen molar-refractivity contribution in [2.45, 2.75) is 0 Å². The summed E-state index contributed by atoms with van der Waals surface area (Å²) in [6.07, 6.45) is 3.73. The Labute approximate surface area is 45.4 Å². The van der Waals surface area contributed by atoms with Gasteiger partial charge in [-0.1, -0.05) is 6.08 Å². The van der Waals surface area contributed by atoms with E-state index in [1.54, 1.807) is 11.4 Å². The molecule has 7 heavy (non-hydrogen) atoms. The Morgan fingerprint density at radius 3 is 2.71 bits per heavy atom. The highest BCUT2D eigenvalue weighted by Crippen LogP contribution is 2.00. The second-order valence-corrected chi connectivity index (χ2v) is 2.97. The van der Waals surface area contributed by atoms with Crippen LogP contribution in [-0.4, -0.2) is 21.3 Å². The Bertz CT molecular complexity index is 121. The number of hydrogen-bond acceptors (Lipinski definition) is 1. The molecule has 1 aliphatic rings. The molecule has 0 aromatic carbocycles. The zero-order chi connectivity index (χ0) is 5.28. The molecule has 0 aliphatic carbocycles. The van der Waals surface area contributed by atoms with Gasteiger partial charge in [0.2, 0.25) is 0 Å². The van der Waals surface area contributed by atoms with E-state index in [0.29, 0.717) is 5.75 Å². The zero-order valence-electron chi connectivity index (χ0n) is 4.13. The van der Waals surface area contributed by atoms with Gasteiger partial charge in [-0.05, 0) is 0 Å². The van der Waals surface area contributed by atoms with Crippen LogP contribution >= 0.6 is 0 Å². The largest absolute Gasteiger partial charge is 0.302 e. The lowest BCUT2D eigenvalue weighted by atomic mass is 10.7. The lowest BCUT2D eigenvalue weighted by Gasteiger charge is -2.01. The summed E-state index contributed by atoms with van der Waals surface area (Å²) >= 11 is 0. The van der Waals surface area contributed by atoms with Crippen LogP contribution in [0.2, 0.25) is 0 Å². The van der Waals surface area contributed by atoms with E-state index < -0.39 is 11.0 Å². The molecule has 1 unspecified atom stereocenters. The molecule has 1 heterocycles. The molecule has 0 fully saturated rings. The molecule has 0 aromatic rings. The van der Waals surface area contributed by atoms with Crippen molar-refractivity contribution in [3.8, 4) is 0 Å². The van der Waals surface area contributed by atoms with Gasteiger partial charge < -0.3 is 4.31 Å². The van der Waals surface area contributed by atoms with E-state index in [1.165, 1.54) is 0 Å². The van der Waals surface area contributed by atoms with Crippen molar-refractivity contribution in [1.82, 2.24) is 4.31 Å². The molecule has 0 saturated carbocycles. The molecule has 3 heteroatoms. The van der Waals surface area contributed by atoms with Gasteiger partial charge in [0.15, 0.2) is 0 Å². The highest BCUT2D eigenvalue weighted by Gasteiger charge is 2.05. The molecular weight excluding hydrogens is 110 g/mol. The monoisotopic (exact) mass is 117 g/mol. The summed E-state index contributed by atoms with van der Waals surface area (Å²) in [4.78, 5) is 0. The fraction of sp³-hybridized carbons (Fsp3) is 0.500. The molecule has 0 saturated heterocycles. The smallest absolute Gasteiger partial charge is 0.122 e. The van der Waals surface area contributed by atoms with Crippen LogP contribution in [0.1, 0.15) is 0 Å². The predicted molar refractivity (Wildman–Crippen MR) is 29.9 cm³/mol. The Morgan fingerprint density at radius 1 is 1.86 bits per heavy atom. The Kier molecular flexibility index (Phi) is 1.15. The van der Waals surface area contributed by atoms with Crippen molar-refractivity contribution in [2.75, 3.05) is 12.8 Å². The molecule has 1 aliphatic heterocycles. The van der Waals surface area contributed by atoms with Crippen molar-refractivity contribution in [3.63, 3.8) is 0 Å². The fourth-order valence-corrected chi connectivity index (χ4v) is 1.17. The second-order valence-electron chi connectivity index (χ2n) is 1.42. The first kappa shape index (κ1) is 4.84. The van der Waals surface area contributed by atoms with E-state index in [-0.39, 0.29) is 0 Å². The van der Waals surface area contributed by atoms with E-state index in [4.69, 9.17) is 0 Å². The Hall–Kier alpha value is -0.310. The summed E-state index contributed by atoms with van der Waals surface area (Å²) in [6.45, 7) is 0. The van der Waals surface area contributed by atoms with Crippen LogP contribution in [0.5, 0.6) is 0 Å². The van der Waals surface area contributed by atoms with Crippen LogP contribution < -0.4 is 0 Å². The number of rotatable bonds is 0. The van der Waals surface area contributed by atoms with Crippen molar-refractivity contribution in [1.29, 1.82) is 0 Å². The topological polar surface area (TPSA) is 20.3 Å². The van der Waals surface area contributed by atoms with Gasteiger partial charge in [-0.25, -0.2) is 4.21 Å². The molecule has 1 atom stereocenters. The molecule has 0 amide bonds. The lowest BCUT2D eigenvalue weighted by Crippen LogP contribution is -2.09. The highest BCUT2D eigenvalue weighted by atomic mass is 32.2. The van der Waals surface area contributed by atoms with Crippen molar-refractivity contribution >= 4 is 11.0 Å². The number of hydrogen-bond donors (Lipinski definition) is 0. The van der Waals surface area contributed by atoms with Gasteiger partial charge >= 0.3 is 0 Å². The molecule has 0 N–H and O–H groups in total. The quantitative estimate of drug-likeness (QED) is 0.441. The van der Waals surface area contributed by atoms with Gasteiger partial charge in [0.05, 0.1) is 5.75 Å². The minimum atomic E-state index is -0.745. The number of nitrogens with zero attached hydrogens (tertiary/aromatic N) is 1. The Balaban J connectivity index is 2.62. The fourth-order valence-electron chi connectivity index (χ4n) is 0.459. The van der Waals surface area contributed by atoms with Crippen LogP contribution in [0.15, 0.2) is 12.3 Å². The van der Waals surface area contributed by atoms with E-state index >= 15 is 0 Å². The SMILES string of the molecule is CN1C=CCS1=O. The zero-order valence-corrected chi connectivity index (χ0v) is 4.94. The average Bonchev–Trinajstić information content (AvgIpc) is 1.91. The summed E-state index contributed by atoms with van der Waals surface area (Å²) in [5.41, 5.74) is 0. The van der Waals surface area contributed by atoms with Crippen molar-refractivity contribution in [2.24, 2.45) is 0 Å². The molecule has 0 aromatic heterocycles. The second kappa shape index (κ2) is 1.66. The summed E-state index contributed by atoms with van der Waals surface area (Å²) < 4.78 is 12.2. The lowest BCUT2D eigenvalue weighted by molar-refractivity contribution is 0.639. The average molecular weight is 117 g/mol. The van der Waals surface area contributed by atoms with Crippen molar-refractivity contribution in [3.05, 3.63) is 12.3 Å². The van der Waals surface area contributed by atoms with Gasteiger partial charge in [0, 0.05) is 13.2 Å². The van der Waals surface area contributed by atoms with E-state index in [9.17, 15) is 4.21 Å². The van der Waals surface area contributed by atoms with E-state index in [2.05, 4.69) is 0 Å². The standard InChI is InChI=1S/C4H7NOS/c1-5-3-2-4-7(5)6/h2-3H,4H2,1H3. The third-order valence-corrected chi connectivity index (χ3v) is 2.12. The molecule has 1 rings (SSSR count). The van der Waals surface area contributed by atoms with Crippen LogP contribution in [0.4, 0.5) is 0 Å². The first-order chi connectivity index (χ1) is 3.30. The van der Waals surface area contributed by atoms with Crippen molar-refractivity contribution < 1.29 is 4.21 Å². The Morgan fingerprint density at radius 2 is 2.57 bits per heavy atom. The predicted octanol–water partition coefficient (Wildman–Crippen LogP) is 0.109. The van der Waals surface area contributed by atoms with Crippen LogP contribution in [0.3, 0.4) is 0 Å². The third kappa shape index (κ3) is 0.825. The third-order valence-electron chi connectivity index (χ3n) is 0.875. The first-order valence-electron chi connectivity index (χ1n) is 2.08. The van der Waals surface area contributed by atoms with Gasteiger partial charge in [0.25, 0.3) is 0 Å². The van der Waals surface area contributed by atoms with Crippen LogP contribution in [-0.2, 0) is 11.0 Å². The first-order valence-corrected chi connectivity index (χ1v) is 3.36. The molecule has 0 bridgehead atoms. The van der Waals surface area contributed by atoms with Gasteiger partial charge in [0.1, 0.15) is 11.0 Å². The molecular formula is C4H7NOS. The minimum absolute atomic E-state index is 0.691. The van der Waals surface area contributed by atoms with E-state index in [1.807, 2.05) is 12.3 Å². The van der Waals surface area contributed by atoms with Crippen LogP contribution in [0.25, 0.3) is 0 Å². The molecule has 0 radical (unpaired) electrons. The molecule has 2 nitrogen and oxygen atoms in total. The molecule has 40 valence electrons. The van der Waals surface area contributed by atoms with E-state index in [0.717, 1.165) is 0 Å². The maximum absolute atomic E-state index is 10.5. The normalized spacial score (nSPS) is 29.3. The van der Waals surface area contributed by atoms with Gasteiger partial charge in [-0.3, -0.25) is 0 Å². The maximum atomic E-state index is 10.5. The minimum Gasteiger partial charge on any atom is -0.302 e. The van der Waals surface area contributed by atoms with Gasteiger partial charge in [-0.2, -0.15) is 0 Å². The molecule has 0 spiro atoms. The summed E-state index contributed by atoms with van der Waals surface area (Å²) in [7, 11) is 1.06. The van der Waals surface area contributed by atoms with Crippen LogP contribution in [0, 0.1) is 0 Å². The maximum Gasteiger partial charge on any atom is 0.122 e. The summed E-state index contributed by atoms with van der Waals surface area (Å²) in [6, 6.07) is 0. The van der Waals surface area contributed by atoms with Gasteiger partial charge in [-0.15, -0.1) is 0 Å².